The number of carbonyl (C=O) groups is 1. The summed E-state index contributed by atoms with van der Waals surface area (Å²) < 4.78 is 39.8. The molecule has 96 valence electrons. The van der Waals surface area contributed by atoms with Crippen LogP contribution in [0.2, 0.25) is 0 Å². The maximum atomic E-state index is 12.0. The topological polar surface area (TPSA) is 50.4 Å². The summed E-state index contributed by atoms with van der Waals surface area (Å²) in [5.41, 5.74) is 1.00. The number of hydrogen-bond acceptors (Lipinski definition) is 3. The molecular formula is C11H9F3N2O2. The lowest BCUT2D eigenvalue weighted by atomic mass is 10.3. The summed E-state index contributed by atoms with van der Waals surface area (Å²) in [6.45, 7) is 0.323. The third-order valence-corrected chi connectivity index (χ3v) is 2.13. The van der Waals surface area contributed by atoms with Crippen LogP contribution in [0.1, 0.15) is 0 Å². The second-order valence-corrected chi connectivity index (χ2v) is 3.59. The van der Waals surface area contributed by atoms with Gasteiger partial charge in [0.25, 0.3) is 0 Å². The average Bonchev–Trinajstić information content (AvgIpc) is 2.62. The van der Waals surface area contributed by atoms with Gasteiger partial charge in [-0.15, -0.1) is 13.2 Å². The van der Waals surface area contributed by atoms with Crippen molar-refractivity contribution in [1.29, 1.82) is 0 Å². The Hall–Kier alpha value is -2.18. The lowest BCUT2D eigenvalue weighted by molar-refractivity contribution is -0.274. The fraction of sp³-hybridized carbons (Fsp3) is 0.182. The van der Waals surface area contributed by atoms with Gasteiger partial charge >= 0.3 is 6.36 Å². The molecule has 7 heteroatoms. The number of benzene rings is 1. The predicted octanol–water partition coefficient (Wildman–Crippen LogP) is 2.01. The van der Waals surface area contributed by atoms with Crippen LogP contribution in [-0.4, -0.2) is 18.8 Å². The lowest BCUT2D eigenvalue weighted by Gasteiger charge is -2.11. The Morgan fingerprint density at radius 2 is 2.11 bits per heavy atom. The molecule has 4 nitrogen and oxygen atoms in total. The zero-order valence-corrected chi connectivity index (χ0v) is 9.04. The van der Waals surface area contributed by atoms with E-state index >= 15 is 0 Å². The predicted molar refractivity (Wildman–Crippen MR) is 57.8 cm³/mol. The summed E-state index contributed by atoms with van der Waals surface area (Å²) in [5, 5.41) is 5.37. The Bertz CT molecular complexity index is 497. The number of rotatable bonds is 3. The van der Waals surface area contributed by atoms with E-state index in [2.05, 4.69) is 15.4 Å². The van der Waals surface area contributed by atoms with Gasteiger partial charge in [-0.1, -0.05) is 6.07 Å². The third kappa shape index (κ3) is 3.41. The molecule has 1 aliphatic rings. The molecule has 0 fully saturated rings. The van der Waals surface area contributed by atoms with E-state index in [4.69, 9.17) is 0 Å². The number of ether oxygens (including phenoxy) is 1. The maximum Gasteiger partial charge on any atom is 0.573 e. The van der Waals surface area contributed by atoms with E-state index in [-0.39, 0.29) is 11.7 Å². The van der Waals surface area contributed by atoms with Crippen molar-refractivity contribution in [3.8, 4) is 5.75 Å². The molecule has 1 heterocycles. The minimum Gasteiger partial charge on any atom is -0.406 e. The highest BCUT2D eigenvalue weighted by Gasteiger charge is 2.31. The van der Waals surface area contributed by atoms with Gasteiger partial charge in [0, 0.05) is 23.5 Å². The molecule has 0 unspecified atom stereocenters. The van der Waals surface area contributed by atoms with Crippen molar-refractivity contribution in [2.75, 3.05) is 11.9 Å². The smallest absolute Gasteiger partial charge is 0.406 e. The van der Waals surface area contributed by atoms with Gasteiger partial charge in [0.05, 0.1) is 6.54 Å². The molecular weight excluding hydrogens is 249 g/mol. The molecule has 0 aliphatic carbocycles. The Balaban J connectivity index is 2.08. The highest BCUT2D eigenvalue weighted by molar-refractivity contribution is 5.91. The van der Waals surface area contributed by atoms with Crippen LogP contribution >= 0.6 is 0 Å². The lowest BCUT2D eigenvalue weighted by Crippen LogP contribution is -2.17. The van der Waals surface area contributed by atoms with Crippen LogP contribution in [0.25, 0.3) is 0 Å². The minimum atomic E-state index is -4.72. The summed E-state index contributed by atoms with van der Waals surface area (Å²) in [7, 11) is 0. The van der Waals surface area contributed by atoms with Gasteiger partial charge < -0.3 is 15.4 Å². The van der Waals surface area contributed by atoms with Crippen LogP contribution in [0, 0.1) is 0 Å². The van der Waals surface area contributed by atoms with Crippen LogP contribution in [0.3, 0.4) is 0 Å². The first-order valence-electron chi connectivity index (χ1n) is 5.04. The second kappa shape index (κ2) is 4.59. The molecule has 1 aliphatic heterocycles. The first kappa shape index (κ1) is 12.3. The van der Waals surface area contributed by atoms with Crippen LogP contribution < -0.4 is 15.4 Å². The third-order valence-electron chi connectivity index (χ3n) is 2.13. The molecule has 0 radical (unpaired) electrons. The fourth-order valence-corrected chi connectivity index (χ4v) is 1.48. The van der Waals surface area contributed by atoms with Crippen molar-refractivity contribution in [3.63, 3.8) is 0 Å². The second-order valence-electron chi connectivity index (χ2n) is 3.59. The zero-order chi connectivity index (χ0) is 13.2. The number of amides is 1. The SMILES string of the molecule is O=C1C=C(Nc2cccc(OC(F)(F)F)c2)CN1. The fourth-order valence-electron chi connectivity index (χ4n) is 1.48. The highest BCUT2D eigenvalue weighted by atomic mass is 19.4. The zero-order valence-electron chi connectivity index (χ0n) is 9.04. The largest absolute Gasteiger partial charge is 0.573 e. The first-order chi connectivity index (χ1) is 8.42. The standard InChI is InChI=1S/C11H9F3N2O2/c12-11(13,14)18-9-3-1-2-7(4-9)16-8-5-10(17)15-6-8/h1-5,16H,6H2,(H,15,17). The number of hydrogen-bond donors (Lipinski definition) is 2. The van der Waals surface area contributed by atoms with E-state index in [1.54, 1.807) is 6.07 Å². The molecule has 0 spiro atoms. The van der Waals surface area contributed by atoms with Gasteiger partial charge in [-0.2, -0.15) is 0 Å². The summed E-state index contributed by atoms with van der Waals surface area (Å²) in [5.74, 6) is -0.550. The normalized spacial score (nSPS) is 15.1. The van der Waals surface area contributed by atoms with Gasteiger partial charge in [0.1, 0.15) is 5.75 Å². The van der Waals surface area contributed by atoms with Crippen molar-refractivity contribution in [2.45, 2.75) is 6.36 Å². The van der Waals surface area contributed by atoms with Crippen molar-refractivity contribution in [2.24, 2.45) is 0 Å². The molecule has 1 aromatic carbocycles. The Labute approximate surface area is 100 Å². The summed E-state index contributed by atoms with van der Waals surface area (Å²) >= 11 is 0. The number of halogens is 3. The van der Waals surface area contributed by atoms with E-state index in [0.29, 0.717) is 17.9 Å². The summed E-state index contributed by atoms with van der Waals surface area (Å²) in [6, 6.07) is 5.41. The maximum absolute atomic E-state index is 12.0. The molecule has 0 aromatic heterocycles. The molecule has 1 aromatic rings. The van der Waals surface area contributed by atoms with E-state index in [1.807, 2.05) is 0 Å². The summed E-state index contributed by atoms with van der Waals surface area (Å²) in [6.07, 6.45) is -3.37. The molecule has 2 rings (SSSR count). The molecule has 0 bridgehead atoms. The quantitative estimate of drug-likeness (QED) is 0.872. The van der Waals surface area contributed by atoms with Crippen molar-refractivity contribution in [3.05, 3.63) is 36.0 Å². The minimum absolute atomic E-state index is 0.236. The van der Waals surface area contributed by atoms with Gasteiger partial charge in [0.2, 0.25) is 5.91 Å². The van der Waals surface area contributed by atoms with Gasteiger partial charge in [-0.3, -0.25) is 4.79 Å². The Morgan fingerprint density at radius 3 is 2.72 bits per heavy atom. The van der Waals surface area contributed by atoms with Crippen LogP contribution in [0.5, 0.6) is 5.75 Å². The van der Waals surface area contributed by atoms with E-state index in [0.717, 1.165) is 0 Å². The summed E-state index contributed by atoms with van der Waals surface area (Å²) in [4.78, 5) is 10.9. The number of carbonyl (C=O) groups excluding carboxylic acids is 1. The molecule has 0 saturated heterocycles. The van der Waals surface area contributed by atoms with Crippen molar-refractivity contribution < 1.29 is 22.7 Å². The first-order valence-corrected chi connectivity index (χ1v) is 5.04. The highest BCUT2D eigenvalue weighted by Crippen LogP contribution is 2.25. The van der Waals surface area contributed by atoms with Crippen molar-refractivity contribution in [1.82, 2.24) is 5.32 Å². The van der Waals surface area contributed by atoms with E-state index in [9.17, 15) is 18.0 Å². The average molecular weight is 258 g/mol. The Kier molecular flexibility index (Phi) is 3.14. The van der Waals surface area contributed by atoms with E-state index < -0.39 is 6.36 Å². The van der Waals surface area contributed by atoms with Crippen LogP contribution in [-0.2, 0) is 4.79 Å². The molecule has 1 amide bonds. The van der Waals surface area contributed by atoms with Crippen LogP contribution in [0.15, 0.2) is 36.0 Å². The molecule has 0 saturated carbocycles. The van der Waals surface area contributed by atoms with Gasteiger partial charge in [-0.05, 0) is 12.1 Å². The Morgan fingerprint density at radius 1 is 1.33 bits per heavy atom. The van der Waals surface area contributed by atoms with Crippen LogP contribution in [0.4, 0.5) is 18.9 Å². The molecule has 2 N–H and O–H groups in total. The molecule has 18 heavy (non-hydrogen) atoms. The molecule has 0 atom stereocenters. The number of anilines is 1. The van der Waals surface area contributed by atoms with Crippen molar-refractivity contribution >= 4 is 11.6 Å². The van der Waals surface area contributed by atoms with Gasteiger partial charge in [0.15, 0.2) is 0 Å². The number of alkyl halides is 3. The monoisotopic (exact) mass is 258 g/mol. The number of nitrogens with one attached hydrogen (secondary N) is 2. The van der Waals surface area contributed by atoms with Gasteiger partial charge in [-0.25, -0.2) is 0 Å². The van der Waals surface area contributed by atoms with E-state index in [1.165, 1.54) is 24.3 Å².